The van der Waals surface area contributed by atoms with E-state index in [9.17, 15) is 9.50 Å². The third-order valence-electron chi connectivity index (χ3n) is 3.62. The Kier molecular flexibility index (Phi) is 3.92. The van der Waals surface area contributed by atoms with Gasteiger partial charge in [-0.2, -0.15) is 0 Å². The van der Waals surface area contributed by atoms with Crippen LogP contribution >= 0.6 is 11.6 Å². The van der Waals surface area contributed by atoms with E-state index < -0.39 is 5.60 Å². The molecule has 0 saturated heterocycles. The van der Waals surface area contributed by atoms with Crippen molar-refractivity contribution in [3.8, 4) is 0 Å². The second kappa shape index (κ2) is 5.87. The van der Waals surface area contributed by atoms with E-state index in [2.05, 4.69) is 4.98 Å². The van der Waals surface area contributed by atoms with Crippen LogP contribution in [0, 0.1) is 5.82 Å². The van der Waals surface area contributed by atoms with E-state index in [4.69, 9.17) is 11.6 Å². The summed E-state index contributed by atoms with van der Waals surface area (Å²) in [7, 11) is 0. The van der Waals surface area contributed by atoms with Crippen molar-refractivity contribution in [3.05, 3.63) is 101 Å². The molecule has 0 bridgehead atoms. The number of pyridine rings is 1. The summed E-state index contributed by atoms with van der Waals surface area (Å²) < 4.78 is 13.2. The highest BCUT2D eigenvalue weighted by atomic mass is 35.5. The number of halogens is 2. The second-order valence-corrected chi connectivity index (χ2v) is 5.40. The van der Waals surface area contributed by atoms with Gasteiger partial charge in [0.2, 0.25) is 0 Å². The van der Waals surface area contributed by atoms with Crippen molar-refractivity contribution in [1.82, 2.24) is 4.98 Å². The lowest BCUT2D eigenvalue weighted by Gasteiger charge is -2.30. The molecule has 110 valence electrons. The first kappa shape index (κ1) is 14.7. The van der Waals surface area contributed by atoms with Gasteiger partial charge in [-0.1, -0.05) is 35.9 Å². The lowest BCUT2D eigenvalue weighted by atomic mass is 9.81. The lowest BCUT2D eigenvalue weighted by Crippen LogP contribution is -2.28. The van der Waals surface area contributed by atoms with Gasteiger partial charge in [-0.3, -0.25) is 4.98 Å². The van der Waals surface area contributed by atoms with Crippen molar-refractivity contribution in [2.75, 3.05) is 0 Å². The normalized spacial score (nSPS) is 13.6. The number of benzene rings is 2. The van der Waals surface area contributed by atoms with E-state index in [0.717, 1.165) is 0 Å². The molecule has 1 unspecified atom stereocenters. The van der Waals surface area contributed by atoms with Gasteiger partial charge in [0, 0.05) is 17.4 Å². The SMILES string of the molecule is OC(c1ccncc1)(c1ccc(F)cc1)c1ccc(Cl)cc1. The predicted octanol–water partition coefficient (Wildman–Crippen LogP) is 4.16. The van der Waals surface area contributed by atoms with Crippen LogP contribution in [0.3, 0.4) is 0 Å². The topological polar surface area (TPSA) is 33.1 Å². The molecule has 0 aliphatic heterocycles. The fourth-order valence-corrected chi connectivity index (χ4v) is 2.60. The summed E-state index contributed by atoms with van der Waals surface area (Å²) in [5, 5.41) is 12.0. The zero-order chi connectivity index (χ0) is 15.6. The molecular formula is C18H13ClFNO. The molecule has 2 aromatic carbocycles. The number of hydrogen-bond acceptors (Lipinski definition) is 2. The molecule has 1 aromatic heterocycles. The Bertz CT molecular complexity index is 712. The van der Waals surface area contributed by atoms with Gasteiger partial charge >= 0.3 is 0 Å². The largest absolute Gasteiger partial charge is 0.376 e. The Hall–Kier alpha value is -2.23. The van der Waals surface area contributed by atoms with Crippen molar-refractivity contribution in [2.45, 2.75) is 5.60 Å². The molecule has 0 fully saturated rings. The van der Waals surface area contributed by atoms with Crippen LogP contribution in [0.25, 0.3) is 0 Å². The third-order valence-corrected chi connectivity index (χ3v) is 3.87. The molecule has 2 nitrogen and oxygen atoms in total. The highest BCUT2D eigenvalue weighted by molar-refractivity contribution is 6.30. The summed E-state index contributed by atoms with van der Waals surface area (Å²) in [6.45, 7) is 0. The van der Waals surface area contributed by atoms with Crippen LogP contribution in [0.15, 0.2) is 73.1 Å². The van der Waals surface area contributed by atoms with Crippen molar-refractivity contribution in [2.24, 2.45) is 0 Å². The first-order valence-electron chi connectivity index (χ1n) is 6.75. The minimum Gasteiger partial charge on any atom is -0.376 e. The predicted molar refractivity (Wildman–Crippen MR) is 84.2 cm³/mol. The number of aliphatic hydroxyl groups is 1. The summed E-state index contributed by atoms with van der Waals surface area (Å²) in [5.41, 5.74) is 0.467. The molecule has 22 heavy (non-hydrogen) atoms. The number of hydrogen-bond donors (Lipinski definition) is 1. The molecular weight excluding hydrogens is 301 g/mol. The molecule has 0 amide bonds. The summed E-state index contributed by atoms with van der Waals surface area (Å²) in [6, 6.07) is 16.2. The molecule has 0 saturated carbocycles. The zero-order valence-electron chi connectivity index (χ0n) is 11.6. The fraction of sp³-hybridized carbons (Fsp3) is 0.0556. The van der Waals surface area contributed by atoms with Crippen LogP contribution in [0.2, 0.25) is 5.02 Å². The Labute approximate surface area is 132 Å². The molecule has 1 heterocycles. The van der Waals surface area contributed by atoms with E-state index in [1.54, 1.807) is 60.9 Å². The van der Waals surface area contributed by atoms with Crippen molar-refractivity contribution >= 4 is 11.6 Å². The molecule has 1 atom stereocenters. The average molecular weight is 314 g/mol. The molecule has 0 aliphatic rings. The molecule has 3 aromatic rings. The first-order chi connectivity index (χ1) is 10.6. The van der Waals surface area contributed by atoms with Gasteiger partial charge in [-0.15, -0.1) is 0 Å². The summed E-state index contributed by atoms with van der Waals surface area (Å²) in [6.07, 6.45) is 3.22. The van der Waals surface area contributed by atoms with Crippen LogP contribution in [0.1, 0.15) is 16.7 Å². The maximum absolute atomic E-state index is 13.2. The molecule has 4 heteroatoms. The van der Waals surface area contributed by atoms with Crippen LogP contribution < -0.4 is 0 Å². The molecule has 0 spiro atoms. The number of nitrogens with zero attached hydrogens (tertiary/aromatic N) is 1. The standard InChI is InChI=1S/C18H13ClFNO/c19-16-5-1-13(2-6-16)18(22,15-9-11-21-12-10-15)14-3-7-17(20)8-4-14/h1-12,22H. The number of aromatic nitrogens is 1. The van der Waals surface area contributed by atoms with Gasteiger partial charge in [-0.05, 0) is 53.1 Å². The van der Waals surface area contributed by atoms with Crippen molar-refractivity contribution < 1.29 is 9.50 Å². The van der Waals surface area contributed by atoms with Crippen LogP contribution in [-0.2, 0) is 5.60 Å². The van der Waals surface area contributed by atoms with Gasteiger partial charge < -0.3 is 5.11 Å². The first-order valence-corrected chi connectivity index (χ1v) is 7.13. The highest BCUT2D eigenvalue weighted by Crippen LogP contribution is 2.36. The Morgan fingerprint density at radius 3 is 1.77 bits per heavy atom. The molecule has 0 radical (unpaired) electrons. The van der Waals surface area contributed by atoms with Gasteiger partial charge in [0.15, 0.2) is 0 Å². The van der Waals surface area contributed by atoms with E-state index in [1.165, 1.54) is 12.1 Å². The Balaban J connectivity index is 2.22. The highest BCUT2D eigenvalue weighted by Gasteiger charge is 2.33. The van der Waals surface area contributed by atoms with Gasteiger partial charge in [0.25, 0.3) is 0 Å². The smallest absolute Gasteiger partial charge is 0.140 e. The van der Waals surface area contributed by atoms with Crippen molar-refractivity contribution in [3.63, 3.8) is 0 Å². The quantitative estimate of drug-likeness (QED) is 0.787. The van der Waals surface area contributed by atoms with E-state index in [1.807, 2.05) is 0 Å². The maximum atomic E-state index is 13.2. The number of rotatable bonds is 3. The third kappa shape index (κ3) is 2.61. The lowest BCUT2D eigenvalue weighted by molar-refractivity contribution is 0.125. The maximum Gasteiger partial charge on any atom is 0.140 e. The molecule has 1 N–H and O–H groups in total. The van der Waals surface area contributed by atoms with Gasteiger partial charge in [0.05, 0.1) is 0 Å². The zero-order valence-corrected chi connectivity index (χ0v) is 12.3. The fourth-order valence-electron chi connectivity index (χ4n) is 2.48. The minimum absolute atomic E-state index is 0.350. The second-order valence-electron chi connectivity index (χ2n) is 4.96. The van der Waals surface area contributed by atoms with E-state index in [-0.39, 0.29) is 5.82 Å². The van der Waals surface area contributed by atoms with E-state index in [0.29, 0.717) is 21.7 Å². The summed E-state index contributed by atoms with van der Waals surface area (Å²) >= 11 is 5.93. The van der Waals surface area contributed by atoms with Gasteiger partial charge in [-0.25, -0.2) is 4.39 Å². The minimum atomic E-state index is -1.40. The molecule has 3 rings (SSSR count). The average Bonchev–Trinajstić information content (AvgIpc) is 2.56. The van der Waals surface area contributed by atoms with Crippen LogP contribution in [0.4, 0.5) is 4.39 Å². The molecule has 0 aliphatic carbocycles. The van der Waals surface area contributed by atoms with E-state index >= 15 is 0 Å². The van der Waals surface area contributed by atoms with Crippen LogP contribution in [-0.4, -0.2) is 10.1 Å². The van der Waals surface area contributed by atoms with Gasteiger partial charge in [0.1, 0.15) is 11.4 Å². The summed E-state index contributed by atoms with van der Waals surface area (Å²) in [5.74, 6) is -0.350. The monoisotopic (exact) mass is 313 g/mol. The van der Waals surface area contributed by atoms with Crippen molar-refractivity contribution in [1.29, 1.82) is 0 Å². The Morgan fingerprint density at radius 1 is 0.773 bits per heavy atom. The van der Waals surface area contributed by atoms with Crippen LogP contribution in [0.5, 0.6) is 0 Å². The summed E-state index contributed by atoms with van der Waals surface area (Å²) in [4.78, 5) is 3.98. The Morgan fingerprint density at radius 2 is 1.23 bits per heavy atom.